The van der Waals surface area contributed by atoms with E-state index in [0.717, 1.165) is 18.8 Å². The number of aromatic nitrogens is 3. The maximum absolute atomic E-state index is 13.9. The number of primary amides is 1. The van der Waals surface area contributed by atoms with Gasteiger partial charge in [-0.05, 0) is 18.2 Å². The lowest BCUT2D eigenvalue weighted by Crippen LogP contribution is -2.48. The molecule has 2 amide bonds. The summed E-state index contributed by atoms with van der Waals surface area (Å²) in [4.78, 5) is 31.7. The van der Waals surface area contributed by atoms with Crippen LogP contribution in [-0.2, 0) is 11.3 Å². The summed E-state index contributed by atoms with van der Waals surface area (Å²) in [6.07, 6.45) is 1.74. The van der Waals surface area contributed by atoms with Crippen LogP contribution in [0, 0.1) is 5.82 Å². The number of carbonyl (C=O) groups excluding carboxylic acids is 2. The third-order valence-electron chi connectivity index (χ3n) is 5.55. The fourth-order valence-electron chi connectivity index (χ4n) is 3.66. The molecule has 0 unspecified atom stereocenters. The molecule has 3 heterocycles. The molecule has 3 aromatic rings. The maximum atomic E-state index is 13.9. The minimum atomic E-state index is -0.748. The van der Waals surface area contributed by atoms with Crippen molar-refractivity contribution in [2.45, 2.75) is 13.5 Å². The highest BCUT2D eigenvalue weighted by Crippen LogP contribution is 2.22. The number of hydrogen-bond donors (Lipinski definition) is 3. The predicted molar refractivity (Wildman–Crippen MR) is 126 cm³/mol. The van der Waals surface area contributed by atoms with Crippen molar-refractivity contribution >= 4 is 34.8 Å². The lowest BCUT2D eigenvalue weighted by atomic mass is 10.2. The van der Waals surface area contributed by atoms with E-state index < -0.39 is 5.91 Å². The SMILES string of the molecule is CC(=O)N1CCN(c2ccc(Nc3cc(NCc4ccccc4F)c(C(N)=O)nn3)nc2)CC1. The molecule has 4 N–H and O–H groups in total. The monoisotopic (exact) mass is 464 g/mol. The van der Waals surface area contributed by atoms with Gasteiger partial charge in [-0.25, -0.2) is 9.37 Å². The van der Waals surface area contributed by atoms with E-state index in [1.54, 1.807) is 37.4 Å². The van der Waals surface area contributed by atoms with Gasteiger partial charge in [-0.2, -0.15) is 0 Å². The number of amides is 2. The van der Waals surface area contributed by atoms with Crippen LogP contribution in [0.25, 0.3) is 0 Å². The van der Waals surface area contributed by atoms with Crippen molar-refractivity contribution in [3.05, 3.63) is 65.7 Å². The smallest absolute Gasteiger partial charge is 0.271 e. The molecule has 1 aromatic carbocycles. The minimum Gasteiger partial charge on any atom is -0.379 e. The van der Waals surface area contributed by atoms with Gasteiger partial charge in [-0.15, -0.1) is 10.2 Å². The van der Waals surface area contributed by atoms with Gasteiger partial charge in [0.2, 0.25) is 5.91 Å². The van der Waals surface area contributed by atoms with Crippen LogP contribution in [0.1, 0.15) is 23.0 Å². The molecule has 0 spiro atoms. The Morgan fingerprint density at radius 2 is 1.82 bits per heavy atom. The molecule has 0 atom stereocenters. The van der Waals surface area contributed by atoms with E-state index in [9.17, 15) is 14.0 Å². The third-order valence-corrected chi connectivity index (χ3v) is 5.55. The Bertz CT molecular complexity index is 1180. The highest BCUT2D eigenvalue weighted by Gasteiger charge is 2.19. The van der Waals surface area contributed by atoms with Crippen molar-refractivity contribution in [3.8, 4) is 0 Å². The number of halogens is 1. The Labute approximate surface area is 196 Å². The van der Waals surface area contributed by atoms with Crippen molar-refractivity contribution in [3.63, 3.8) is 0 Å². The molecule has 176 valence electrons. The van der Waals surface area contributed by atoms with Crippen LogP contribution in [0.4, 0.5) is 27.4 Å². The van der Waals surface area contributed by atoms with E-state index in [1.807, 2.05) is 17.0 Å². The summed E-state index contributed by atoms with van der Waals surface area (Å²) in [5, 5.41) is 14.0. The molecule has 34 heavy (non-hydrogen) atoms. The van der Waals surface area contributed by atoms with Crippen LogP contribution < -0.4 is 21.3 Å². The Kier molecular flexibility index (Phi) is 6.81. The summed E-state index contributed by atoms with van der Waals surface area (Å²) in [6.45, 7) is 4.56. The second kappa shape index (κ2) is 10.1. The number of pyridine rings is 1. The quantitative estimate of drug-likeness (QED) is 0.485. The molecule has 1 saturated heterocycles. The minimum absolute atomic E-state index is 0.0464. The van der Waals surface area contributed by atoms with Gasteiger partial charge >= 0.3 is 0 Å². The number of hydrogen-bond acceptors (Lipinski definition) is 8. The molecule has 0 aliphatic carbocycles. The number of benzene rings is 1. The second-order valence-corrected chi connectivity index (χ2v) is 7.82. The van der Waals surface area contributed by atoms with Crippen LogP contribution in [0.3, 0.4) is 0 Å². The number of nitrogens with two attached hydrogens (primary N) is 1. The Balaban J connectivity index is 1.44. The highest BCUT2D eigenvalue weighted by atomic mass is 19.1. The molecule has 1 aliphatic rings. The second-order valence-electron chi connectivity index (χ2n) is 7.82. The number of nitrogens with zero attached hydrogens (tertiary/aromatic N) is 5. The number of anilines is 4. The summed E-state index contributed by atoms with van der Waals surface area (Å²) < 4.78 is 13.9. The third kappa shape index (κ3) is 5.37. The van der Waals surface area contributed by atoms with E-state index in [2.05, 4.69) is 30.7 Å². The fraction of sp³-hybridized carbons (Fsp3) is 0.261. The summed E-state index contributed by atoms with van der Waals surface area (Å²) in [7, 11) is 0. The van der Waals surface area contributed by atoms with E-state index in [4.69, 9.17) is 5.73 Å². The highest BCUT2D eigenvalue weighted by molar-refractivity contribution is 5.96. The molecule has 11 heteroatoms. The van der Waals surface area contributed by atoms with E-state index in [0.29, 0.717) is 36.0 Å². The normalized spacial score (nSPS) is 13.5. The first kappa shape index (κ1) is 22.9. The molecule has 0 saturated carbocycles. The lowest BCUT2D eigenvalue weighted by Gasteiger charge is -2.35. The van der Waals surface area contributed by atoms with E-state index >= 15 is 0 Å². The topological polar surface area (TPSA) is 129 Å². The molecule has 2 aromatic heterocycles. The number of nitrogens with one attached hydrogen (secondary N) is 2. The van der Waals surface area contributed by atoms with Crippen molar-refractivity contribution in [2.75, 3.05) is 41.7 Å². The van der Waals surface area contributed by atoms with Gasteiger partial charge in [0.05, 0.1) is 17.6 Å². The standard InChI is InChI=1S/C23H25FN8O2/c1-15(33)31-8-10-32(11-9-31)17-6-7-20(27-14-17)28-21-12-19(22(23(25)34)30-29-21)26-13-16-4-2-3-5-18(16)24/h2-7,12,14H,8-11,13H2,1H3,(H2,25,34)(H2,26,27,28,29). The first-order chi connectivity index (χ1) is 16.4. The van der Waals surface area contributed by atoms with E-state index in [-0.39, 0.29) is 24.0 Å². The van der Waals surface area contributed by atoms with Gasteiger partial charge in [-0.3, -0.25) is 9.59 Å². The number of rotatable bonds is 7. The molecule has 4 rings (SSSR count). The first-order valence-corrected chi connectivity index (χ1v) is 10.8. The number of carbonyl (C=O) groups is 2. The molecule has 0 bridgehead atoms. The van der Waals surface area contributed by atoms with Gasteiger partial charge in [0.25, 0.3) is 5.91 Å². The van der Waals surface area contributed by atoms with Crippen molar-refractivity contribution < 1.29 is 14.0 Å². The Morgan fingerprint density at radius 1 is 1.06 bits per heavy atom. The van der Waals surface area contributed by atoms with Crippen LogP contribution in [-0.4, -0.2) is 58.1 Å². The zero-order valence-electron chi connectivity index (χ0n) is 18.7. The predicted octanol–water partition coefficient (Wildman–Crippen LogP) is 2.13. The number of piperazine rings is 1. The van der Waals surface area contributed by atoms with Gasteiger partial charge < -0.3 is 26.2 Å². The Morgan fingerprint density at radius 3 is 2.47 bits per heavy atom. The van der Waals surface area contributed by atoms with Crippen molar-refractivity contribution in [1.82, 2.24) is 20.1 Å². The largest absolute Gasteiger partial charge is 0.379 e. The van der Waals surface area contributed by atoms with Gasteiger partial charge in [0.1, 0.15) is 11.6 Å². The van der Waals surface area contributed by atoms with E-state index in [1.165, 1.54) is 6.07 Å². The molecule has 1 fully saturated rings. The summed E-state index contributed by atoms with van der Waals surface area (Å²) in [5.74, 6) is -0.141. The van der Waals surface area contributed by atoms with Gasteiger partial charge in [0.15, 0.2) is 11.5 Å². The van der Waals surface area contributed by atoms with Crippen LogP contribution in [0.2, 0.25) is 0 Å². The average Bonchev–Trinajstić information content (AvgIpc) is 2.84. The summed E-state index contributed by atoms with van der Waals surface area (Å²) in [6, 6.07) is 11.7. The van der Waals surface area contributed by atoms with Crippen LogP contribution >= 0.6 is 0 Å². The molecule has 10 nitrogen and oxygen atoms in total. The zero-order chi connectivity index (χ0) is 24.1. The first-order valence-electron chi connectivity index (χ1n) is 10.8. The maximum Gasteiger partial charge on any atom is 0.271 e. The van der Waals surface area contributed by atoms with Gasteiger partial charge in [-0.1, -0.05) is 18.2 Å². The average molecular weight is 465 g/mol. The molecule has 0 radical (unpaired) electrons. The molecular formula is C23H25FN8O2. The zero-order valence-corrected chi connectivity index (χ0v) is 18.7. The van der Waals surface area contributed by atoms with Crippen molar-refractivity contribution in [1.29, 1.82) is 0 Å². The van der Waals surface area contributed by atoms with Crippen LogP contribution in [0.15, 0.2) is 48.7 Å². The van der Waals surface area contributed by atoms with Gasteiger partial charge in [0, 0.05) is 51.3 Å². The summed E-state index contributed by atoms with van der Waals surface area (Å²) in [5.41, 5.74) is 7.09. The van der Waals surface area contributed by atoms with Crippen LogP contribution in [0.5, 0.6) is 0 Å². The fourth-order valence-corrected chi connectivity index (χ4v) is 3.66. The lowest BCUT2D eigenvalue weighted by molar-refractivity contribution is -0.129. The molecular weight excluding hydrogens is 439 g/mol. The Hall–Kier alpha value is -4.28. The summed E-state index contributed by atoms with van der Waals surface area (Å²) >= 11 is 0. The molecule has 1 aliphatic heterocycles. The van der Waals surface area contributed by atoms with Crippen molar-refractivity contribution in [2.24, 2.45) is 5.73 Å².